The Morgan fingerprint density at radius 1 is 1.32 bits per heavy atom. The second kappa shape index (κ2) is 9.47. The van der Waals surface area contributed by atoms with Gasteiger partial charge in [-0.15, -0.1) is 0 Å². The van der Waals surface area contributed by atoms with E-state index in [0.29, 0.717) is 32.6 Å². The predicted octanol–water partition coefficient (Wildman–Crippen LogP) is 2.88. The number of rotatable bonds is 4. The van der Waals surface area contributed by atoms with Crippen LogP contribution in [0.3, 0.4) is 0 Å². The highest BCUT2D eigenvalue weighted by molar-refractivity contribution is 5.86. The minimum atomic E-state index is -5.08. The first-order valence-electron chi connectivity index (χ1n) is 10.0. The topological polar surface area (TPSA) is 89.0 Å². The molecule has 2 heterocycles. The molecule has 3 unspecified atom stereocenters. The number of aromatic nitrogens is 1. The van der Waals surface area contributed by atoms with E-state index in [1.807, 2.05) is 12.1 Å². The van der Waals surface area contributed by atoms with E-state index in [1.54, 1.807) is 17.3 Å². The Bertz CT molecular complexity index is 773. The smallest absolute Gasteiger partial charge is 0.475 e. The monoisotopic (exact) mass is 448 g/mol. The van der Waals surface area contributed by atoms with Crippen LogP contribution in [0.25, 0.3) is 0 Å². The lowest BCUT2D eigenvalue weighted by Crippen LogP contribution is -2.56. The molecule has 0 spiro atoms. The van der Waals surface area contributed by atoms with E-state index >= 15 is 0 Å². The normalized spacial score (nSPS) is 26.8. The van der Waals surface area contributed by atoms with Gasteiger partial charge in [-0.3, -0.25) is 9.78 Å². The molecule has 1 saturated heterocycles. The zero-order chi connectivity index (χ0) is 22.6. The number of carboxylic acid groups (broad SMARTS) is 1. The molecule has 0 radical (unpaired) electrons. The average Bonchev–Trinajstić information content (AvgIpc) is 2.99. The number of alkyl halides is 4. The maximum absolute atomic E-state index is 14.6. The maximum Gasteiger partial charge on any atom is 0.490 e. The van der Waals surface area contributed by atoms with E-state index in [0.717, 1.165) is 24.8 Å². The van der Waals surface area contributed by atoms with Gasteiger partial charge < -0.3 is 19.5 Å². The first-order chi connectivity index (χ1) is 14.6. The molecule has 1 aliphatic heterocycles. The Hall–Kier alpha value is -2.27. The highest BCUT2D eigenvalue weighted by Crippen LogP contribution is 2.40. The SMILES string of the molecule is O=C(N1CCOC2CCC1C2OCc1cccnc1)C1(F)CCC1.O=C(O)C(F)(F)F. The van der Waals surface area contributed by atoms with Gasteiger partial charge in [-0.2, -0.15) is 13.2 Å². The molecule has 7 nitrogen and oxygen atoms in total. The molecule has 2 saturated carbocycles. The molecule has 0 aromatic carbocycles. The Labute approximate surface area is 176 Å². The van der Waals surface area contributed by atoms with Crippen LogP contribution < -0.4 is 0 Å². The second-order valence-electron chi connectivity index (χ2n) is 7.81. The highest BCUT2D eigenvalue weighted by atomic mass is 19.4. The van der Waals surface area contributed by atoms with Gasteiger partial charge in [0, 0.05) is 18.9 Å². The lowest BCUT2D eigenvalue weighted by atomic mass is 9.80. The van der Waals surface area contributed by atoms with Crippen molar-refractivity contribution in [3.63, 3.8) is 0 Å². The molecule has 4 rings (SSSR count). The van der Waals surface area contributed by atoms with Crippen molar-refractivity contribution in [2.24, 2.45) is 0 Å². The lowest BCUT2D eigenvalue weighted by molar-refractivity contribution is -0.192. The third kappa shape index (κ3) is 5.51. The minimum Gasteiger partial charge on any atom is -0.475 e. The van der Waals surface area contributed by atoms with Crippen molar-refractivity contribution in [1.29, 1.82) is 0 Å². The summed E-state index contributed by atoms with van der Waals surface area (Å²) in [5.41, 5.74) is -0.670. The molecule has 1 N–H and O–H groups in total. The van der Waals surface area contributed by atoms with Crippen LogP contribution in [0, 0.1) is 0 Å². The summed E-state index contributed by atoms with van der Waals surface area (Å²) in [6, 6.07) is 3.74. The van der Waals surface area contributed by atoms with Crippen molar-refractivity contribution in [2.75, 3.05) is 13.2 Å². The molecule has 31 heavy (non-hydrogen) atoms. The Morgan fingerprint density at radius 2 is 2.03 bits per heavy atom. The van der Waals surface area contributed by atoms with Gasteiger partial charge in [-0.25, -0.2) is 9.18 Å². The number of hydrogen-bond donors (Lipinski definition) is 1. The number of ether oxygens (including phenoxy) is 2. The van der Waals surface area contributed by atoms with Crippen LogP contribution >= 0.6 is 0 Å². The standard InChI is InChI=1S/C18H23FN2O3.C2HF3O2/c19-18(6-2-7-18)17(22)21-9-10-23-15-5-4-14(21)16(15)24-12-13-3-1-8-20-11-13;3-2(4,5)1(6)7/h1,3,8,11,14-16H,2,4-7,9-10,12H2;(H,6,7). The molecule has 1 aromatic heterocycles. The van der Waals surface area contributed by atoms with Crippen molar-refractivity contribution < 1.29 is 41.7 Å². The fraction of sp³-hybridized carbons (Fsp3) is 0.650. The van der Waals surface area contributed by atoms with Crippen LogP contribution in [0.5, 0.6) is 0 Å². The van der Waals surface area contributed by atoms with E-state index in [1.165, 1.54) is 0 Å². The zero-order valence-electron chi connectivity index (χ0n) is 16.7. The molecular weight excluding hydrogens is 424 g/mol. The molecule has 3 atom stereocenters. The molecule has 1 amide bonds. The number of amides is 1. The van der Waals surface area contributed by atoms with E-state index in [9.17, 15) is 22.4 Å². The van der Waals surface area contributed by atoms with Gasteiger partial charge >= 0.3 is 12.1 Å². The molecule has 3 aliphatic rings. The van der Waals surface area contributed by atoms with Crippen LogP contribution in [0.1, 0.15) is 37.7 Å². The van der Waals surface area contributed by atoms with Gasteiger partial charge in [0.05, 0.1) is 25.4 Å². The maximum atomic E-state index is 14.6. The fourth-order valence-electron chi connectivity index (χ4n) is 4.00. The molecule has 3 fully saturated rings. The van der Waals surface area contributed by atoms with Gasteiger partial charge in [0.1, 0.15) is 6.10 Å². The Balaban J connectivity index is 0.000000339. The summed E-state index contributed by atoms with van der Waals surface area (Å²) in [5, 5.41) is 7.12. The number of carbonyl (C=O) groups is 2. The minimum absolute atomic E-state index is 0.0126. The zero-order valence-corrected chi connectivity index (χ0v) is 16.7. The van der Waals surface area contributed by atoms with Gasteiger partial charge in [-0.05, 0) is 43.7 Å². The number of carboxylic acids is 1. The van der Waals surface area contributed by atoms with E-state index < -0.39 is 17.8 Å². The molecule has 11 heteroatoms. The largest absolute Gasteiger partial charge is 0.490 e. The van der Waals surface area contributed by atoms with Crippen molar-refractivity contribution in [1.82, 2.24) is 9.88 Å². The second-order valence-corrected chi connectivity index (χ2v) is 7.81. The quantitative estimate of drug-likeness (QED) is 0.713. The molecular formula is C20H24F4N2O5. The Kier molecular flexibility index (Phi) is 7.15. The molecule has 172 valence electrons. The van der Waals surface area contributed by atoms with Crippen molar-refractivity contribution in [2.45, 2.75) is 68.8 Å². The van der Waals surface area contributed by atoms with Crippen molar-refractivity contribution >= 4 is 11.9 Å². The first kappa shape index (κ1) is 23.4. The summed E-state index contributed by atoms with van der Waals surface area (Å²) >= 11 is 0. The van der Waals surface area contributed by atoms with Gasteiger partial charge in [0.25, 0.3) is 5.91 Å². The lowest BCUT2D eigenvalue weighted by Gasteiger charge is -2.40. The summed E-state index contributed by atoms with van der Waals surface area (Å²) in [4.78, 5) is 27.4. The number of carbonyl (C=O) groups excluding carboxylic acids is 1. The molecule has 2 bridgehead atoms. The van der Waals surface area contributed by atoms with Crippen molar-refractivity contribution in [3.8, 4) is 0 Å². The van der Waals surface area contributed by atoms with E-state index in [-0.39, 0.29) is 24.2 Å². The number of pyridine rings is 1. The number of aliphatic carboxylic acids is 1. The summed E-state index contributed by atoms with van der Waals surface area (Å²) in [6.07, 6.45) is 1.36. The van der Waals surface area contributed by atoms with Gasteiger partial charge in [0.15, 0.2) is 5.67 Å². The van der Waals surface area contributed by atoms with Crippen LogP contribution in [0.4, 0.5) is 17.6 Å². The number of nitrogens with zero attached hydrogens (tertiary/aromatic N) is 2. The third-order valence-electron chi connectivity index (χ3n) is 5.76. The summed E-state index contributed by atoms with van der Waals surface area (Å²) in [5.74, 6) is -3.12. The summed E-state index contributed by atoms with van der Waals surface area (Å²) < 4.78 is 58.4. The van der Waals surface area contributed by atoms with E-state index in [4.69, 9.17) is 19.4 Å². The number of fused-ring (bicyclic) bond motifs is 2. The van der Waals surface area contributed by atoms with Crippen LogP contribution in [-0.4, -0.2) is 70.1 Å². The predicted molar refractivity (Wildman–Crippen MR) is 98.7 cm³/mol. The third-order valence-corrected chi connectivity index (χ3v) is 5.76. The highest BCUT2D eigenvalue weighted by Gasteiger charge is 2.52. The van der Waals surface area contributed by atoms with Crippen LogP contribution in [0.2, 0.25) is 0 Å². The Morgan fingerprint density at radius 3 is 2.58 bits per heavy atom. The average molecular weight is 448 g/mol. The summed E-state index contributed by atoms with van der Waals surface area (Å²) in [6.45, 7) is 1.34. The first-order valence-corrected chi connectivity index (χ1v) is 10.0. The van der Waals surface area contributed by atoms with Gasteiger partial charge in [0.2, 0.25) is 0 Å². The van der Waals surface area contributed by atoms with Gasteiger partial charge in [-0.1, -0.05) is 6.07 Å². The molecule has 2 aliphatic carbocycles. The van der Waals surface area contributed by atoms with Crippen molar-refractivity contribution in [3.05, 3.63) is 30.1 Å². The van der Waals surface area contributed by atoms with Crippen LogP contribution in [0.15, 0.2) is 24.5 Å². The molecule has 1 aromatic rings. The van der Waals surface area contributed by atoms with Crippen LogP contribution in [-0.2, 0) is 25.7 Å². The summed E-state index contributed by atoms with van der Waals surface area (Å²) in [7, 11) is 0. The number of halogens is 4. The number of hydrogen-bond acceptors (Lipinski definition) is 5. The fourth-order valence-corrected chi connectivity index (χ4v) is 4.00. The van der Waals surface area contributed by atoms with E-state index in [2.05, 4.69) is 4.98 Å².